The van der Waals surface area contributed by atoms with Crippen LogP contribution < -0.4 is 10.6 Å². The first-order valence-corrected chi connectivity index (χ1v) is 7.70. The van der Waals surface area contributed by atoms with Gasteiger partial charge < -0.3 is 10.6 Å². The summed E-state index contributed by atoms with van der Waals surface area (Å²) in [6, 6.07) is 15.0. The average molecular weight is 361 g/mol. The summed E-state index contributed by atoms with van der Waals surface area (Å²) in [5.41, 5.74) is 2.70. The summed E-state index contributed by atoms with van der Waals surface area (Å²) in [5.74, 6) is -0.420. The quantitative estimate of drug-likeness (QED) is 0.860. The Balaban J connectivity index is 1.78. The van der Waals surface area contributed by atoms with Crippen LogP contribution in [0.4, 0.5) is 5.69 Å². The van der Waals surface area contributed by atoms with Crippen molar-refractivity contribution < 1.29 is 9.59 Å². The van der Waals surface area contributed by atoms with E-state index in [1.165, 1.54) is 0 Å². The number of amides is 2. The van der Waals surface area contributed by atoms with Gasteiger partial charge in [-0.1, -0.05) is 40.2 Å². The van der Waals surface area contributed by atoms with Crippen molar-refractivity contribution in [3.8, 4) is 0 Å². The second-order valence-electron chi connectivity index (χ2n) is 5.00. The van der Waals surface area contributed by atoms with Crippen molar-refractivity contribution in [2.45, 2.75) is 13.3 Å². The van der Waals surface area contributed by atoms with Gasteiger partial charge in [-0.25, -0.2) is 0 Å². The van der Waals surface area contributed by atoms with Crippen molar-refractivity contribution in [2.24, 2.45) is 0 Å². The van der Waals surface area contributed by atoms with Gasteiger partial charge in [0.25, 0.3) is 0 Å². The van der Waals surface area contributed by atoms with Gasteiger partial charge in [-0.2, -0.15) is 0 Å². The fraction of sp³-hybridized carbons (Fsp3) is 0.176. The van der Waals surface area contributed by atoms with Crippen LogP contribution in [0.3, 0.4) is 0 Å². The first kappa shape index (κ1) is 16.2. The van der Waals surface area contributed by atoms with Crippen molar-refractivity contribution in [2.75, 3.05) is 11.9 Å². The van der Waals surface area contributed by atoms with Gasteiger partial charge in [0, 0.05) is 10.2 Å². The van der Waals surface area contributed by atoms with E-state index in [1.54, 1.807) is 0 Å². The third kappa shape index (κ3) is 5.33. The fourth-order valence-electron chi connectivity index (χ4n) is 1.96. The summed E-state index contributed by atoms with van der Waals surface area (Å²) in [6.07, 6.45) is 0.255. The molecular formula is C17H17BrN2O2. The van der Waals surface area contributed by atoms with E-state index in [0.717, 1.165) is 21.3 Å². The number of halogens is 1. The molecule has 0 aliphatic heterocycles. The van der Waals surface area contributed by atoms with E-state index < -0.39 is 0 Å². The van der Waals surface area contributed by atoms with Crippen LogP contribution in [-0.2, 0) is 16.0 Å². The van der Waals surface area contributed by atoms with Gasteiger partial charge in [-0.15, -0.1) is 0 Å². The highest BCUT2D eigenvalue weighted by atomic mass is 79.9. The van der Waals surface area contributed by atoms with E-state index in [0.29, 0.717) is 0 Å². The molecule has 0 spiro atoms. The lowest BCUT2D eigenvalue weighted by Crippen LogP contribution is -2.33. The highest BCUT2D eigenvalue weighted by molar-refractivity contribution is 9.10. The van der Waals surface area contributed by atoms with Gasteiger partial charge in [-0.3, -0.25) is 9.59 Å². The molecule has 22 heavy (non-hydrogen) atoms. The minimum Gasteiger partial charge on any atom is -0.347 e. The summed E-state index contributed by atoms with van der Waals surface area (Å²) in [4.78, 5) is 23.6. The molecule has 5 heteroatoms. The molecule has 2 aromatic carbocycles. The Morgan fingerprint density at radius 2 is 1.77 bits per heavy atom. The van der Waals surface area contributed by atoms with E-state index in [9.17, 15) is 9.59 Å². The van der Waals surface area contributed by atoms with Crippen LogP contribution >= 0.6 is 15.9 Å². The zero-order chi connectivity index (χ0) is 15.9. The summed E-state index contributed by atoms with van der Waals surface area (Å²) in [7, 11) is 0. The lowest BCUT2D eigenvalue weighted by molar-refractivity contribution is -0.123. The molecule has 0 unspecified atom stereocenters. The highest BCUT2D eigenvalue weighted by Crippen LogP contribution is 2.11. The molecule has 0 atom stereocenters. The molecule has 114 valence electrons. The summed E-state index contributed by atoms with van der Waals surface area (Å²) in [6.45, 7) is 1.92. The zero-order valence-corrected chi connectivity index (χ0v) is 13.8. The molecule has 0 radical (unpaired) electrons. The Bertz CT molecular complexity index is 669. The first-order chi connectivity index (χ1) is 10.5. The summed E-state index contributed by atoms with van der Waals surface area (Å²) in [5, 5.41) is 5.37. The maximum Gasteiger partial charge on any atom is 0.243 e. The molecule has 0 aliphatic carbocycles. The smallest absolute Gasteiger partial charge is 0.243 e. The maximum absolute atomic E-state index is 11.8. The molecule has 0 fully saturated rings. The van der Waals surface area contributed by atoms with Gasteiger partial charge >= 0.3 is 0 Å². The monoisotopic (exact) mass is 360 g/mol. The number of rotatable bonds is 5. The van der Waals surface area contributed by atoms with Gasteiger partial charge in [0.1, 0.15) is 0 Å². The van der Waals surface area contributed by atoms with E-state index in [-0.39, 0.29) is 24.8 Å². The van der Waals surface area contributed by atoms with Crippen LogP contribution in [0.2, 0.25) is 0 Å². The van der Waals surface area contributed by atoms with Crippen LogP contribution in [-0.4, -0.2) is 18.4 Å². The van der Waals surface area contributed by atoms with Crippen molar-refractivity contribution in [3.05, 3.63) is 64.1 Å². The Hall–Kier alpha value is -2.14. The molecule has 0 bridgehead atoms. The lowest BCUT2D eigenvalue weighted by Gasteiger charge is -2.07. The topological polar surface area (TPSA) is 58.2 Å². The van der Waals surface area contributed by atoms with E-state index in [1.807, 2.05) is 55.5 Å². The summed E-state index contributed by atoms with van der Waals surface area (Å²) >= 11 is 3.34. The second kappa shape index (κ2) is 7.75. The molecule has 0 saturated carbocycles. The molecular weight excluding hydrogens is 344 g/mol. The largest absolute Gasteiger partial charge is 0.347 e. The number of hydrogen-bond acceptors (Lipinski definition) is 2. The third-order valence-corrected chi connectivity index (χ3v) is 3.55. The van der Waals surface area contributed by atoms with Crippen LogP contribution in [0.25, 0.3) is 0 Å². The SMILES string of the molecule is Cc1cccc(NC(=O)CNC(=O)Cc2ccc(Br)cc2)c1. The predicted octanol–water partition coefficient (Wildman–Crippen LogP) is 3.05. The van der Waals surface area contributed by atoms with Gasteiger partial charge in [0.05, 0.1) is 13.0 Å². The highest BCUT2D eigenvalue weighted by Gasteiger charge is 2.07. The number of aryl methyl sites for hydroxylation is 1. The van der Waals surface area contributed by atoms with E-state index in [2.05, 4.69) is 26.6 Å². The van der Waals surface area contributed by atoms with Gasteiger partial charge in [0.15, 0.2) is 0 Å². The van der Waals surface area contributed by atoms with E-state index >= 15 is 0 Å². The van der Waals surface area contributed by atoms with Crippen molar-refractivity contribution in [1.29, 1.82) is 0 Å². The normalized spacial score (nSPS) is 10.1. The maximum atomic E-state index is 11.8. The Labute approximate surface area is 138 Å². The fourth-order valence-corrected chi connectivity index (χ4v) is 2.22. The number of anilines is 1. The Kier molecular flexibility index (Phi) is 5.72. The zero-order valence-electron chi connectivity index (χ0n) is 12.2. The molecule has 2 N–H and O–H groups in total. The number of nitrogens with one attached hydrogen (secondary N) is 2. The molecule has 4 nitrogen and oxygen atoms in total. The molecule has 0 saturated heterocycles. The van der Waals surface area contributed by atoms with Gasteiger partial charge in [0.2, 0.25) is 11.8 Å². The second-order valence-corrected chi connectivity index (χ2v) is 5.91. The molecule has 2 rings (SSSR count). The van der Waals surface area contributed by atoms with E-state index in [4.69, 9.17) is 0 Å². The van der Waals surface area contributed by atoms with Crippen LogP contribution in [0.1, 0.15) is 11.1 Å². The number of carbonyl (C=O) groups is 2. The lowest BCUT2D eigenvalue weighted by atomic mass is 10.1. The molecule has 2 aromatic rings. The number of benzene rings is 2. The van der Waals surface area contributed by atoms with Gasteiger partial charge in [-0.05, 0) is 42.3 Å². The first-order valence-electron chi connectivity index (χ1n) is 6.90. The predicted molar refractivity (Wildman–Crippen MR) is 90.7 cm³/mol. The molecule has 0 aromatic heterocycles. The van der Waals surface area contributed by atoms with Crippen LogP contribution in [0, 0.1) is 6.92 Å². The number of carbonyl (C=O) groups excluding carboxylic acids is 2. The van der Waals surface area contributed by atoms with Crippen LogP contribution in [0.15, 0.2) is 53.0 Å². The van der Waals surface area contributed by atoms with Crippen molar-refractivity contribution >= 4 is 33.4 Å². The number of hydrogen-bond donors (Lipinski definition) is 2. The molecule has 0 heterocycles. The Morgan fingerprint density at radius 1 is 1.05 bits per heavy atom. The molecule has 2 amide bonds. The Morgan fingerprint density at radius 3 is 2.45 bits per heavy atom. The minimum absolute atomic E-state index is 0.0384. The van der Waals surface area contributed by atoms with Crippen molar-refractivity contribution in [1.82, 2.24) is 5.32 Å². The standard InChI is InChI=1S/C17H17BrN2O2/c1-12-3-2-4-15(9-12)20-17(22)11-19-16(21)10-13-5-7-14(18)8-6-13/h2-9H,10-11H2,1H3,(H,19,21)(H,20,22). The average Bonchev–Trinajstić information content (AvgIpc) is 2.48. The molecule has 0 aliphatic rings. The van der Waals surface area contributed by atoms with Crippen molar-refractivity contribution in [3.63, 3.8) is 0 Å². The minimum atomic E-state index is -0.241. The van der Waals surface area contributed by atoms with Crippen LogP contribution in [0.5, 0.6) is 0 Å². The summed E-state index contributed by atoms with van der Waals surface area (Å²) < 4.78 is 0.967. The third-order valence-electron chi connectivity index (χ3n) is 3.03.